The molecule has 0 unspecified atom stereocenters. The van der Waals surface area contributed by atoms with E-state index >= 15 is 0 Å². The highest BCUT2D eigenvalue weighted by Gasteiger charge is 2.18. The minimum Gasteiger partial charge on any atom is -0.151 e. The molecule has 0 N–H and O–H groups in total. The van der Waals surface area contributed by atoms with E-state index in [0.29, 0.717) is 0 Å². The summed E-state index contributed by atoms with van der Waals surface area (Å²) < 4.78 is 0. The number of allylic oxidation sites excluding steroid dienone is 4. The second-order valence-electron chi connectivity index (χ2n) is 4.72. The molecule has 0 radical (unpaired) electrons. The van der Waals surface area contributed by atoms with Crippen LogP contribution in [-0.2, 0) is 0 Å². The summed E-state index contributed by atoms with van der Waals surface area (Å²) in [6.07, 6.45) is 9.32. The Morgan fingerprint density at radius 3 is 2.40 bits per heavy atom. The first-order valence-electron chi connectivity index (χ1n) is 5.83. The van der Waals surface area contributed by atoms with Crippen LogP contribution in [0.1, 0.15) is 39.5 Å². The maximum atomic E-state index is 4.17. The monoisotopic (exact) mass is 222 g/mol. The molecule has 1 fully saturated rings. The van der Waals surface area contributed by atoms with Crippen molar-refractivity contribution in [2.45, 2.75) is 39.5 Å². The molecule has 15 heavy (non-hydrogen) atoms. The number of hydrogen-bond acceptors (Lipinski definition) is 1. The fraction of sp³-hybridized carbons (Fsp3) is 0.571. The van der Waals surface area contributed by atoms with Gasteiger partial charge in [-0.15, -0.1) is 0 Å². The van der Waals surface area contributed by atoms with E-state index in [1.54, 1.807) is 5.57 Å². The summed E-state index contributed by atoms with van der Waals surface area (Å²) in [5, 5.41) is 1.83. The third-order valence-electron chi connectivity index (χ3n) is 3.37. The molecule has 1 aliphatic carbocycles. The molecule has 0 aliphatic heterocycles. The van der Waals surface area contributed by atoms with Crippen molar-refractivity contribution in [1.29, 1.82) is 0 Å². The van der Waals surface area contributed by atoms with Crippen LogP contribution in [-0.4, -0.2) is 0 Å². The molecule has 0 nitrogen and oxygen atoms in total. The predicted molar refractivity (Wildman–Crippen MR) is 72.1 cm³/mol. The fourth-order valence-corrected chi connectivity index (χ4v) is 2.39. The Morgan fingerprint density at radius 2 is 2.00 bits per heavy atom. The molecular formula is C14H22S. The van der Waals surface area contributed by atoms with Gasteiger partial charge in [-0.2, -0.15) is 12.6 Å². The molecule has 1 rings (SSSR count). The molecule has 84 valence electrons. The van der Waals surface area contributed by atoms with Crippen molar-refractivity contribution in [3.8, 4) is 0 Å². The summed E-state index contributed by atoms with van der Waals surface area (Å²) in [4.78, 5) is 0. The van der Waals surface area contributed by atoms with Gasteiger partial charge in [0, 0.05) is 0 Å². The minimum absolute atomic E-state index is 0.839. The zero-order valence-corrected chi connectivity index (χ0v) is 10.8. The van der Waals surface area contributed by atoms with E-state index in [-0.39, 0.29) is 0 Å². The Bertz CT molecular complexity index is 261. The SMILES string of the molecule is C=C/C(C=C1CCC(C(C)C)CC1)=C\S. The molecule has 0 bridgehead atoms. The highest BCUT2D eigenvalue weighted by atomic mass is 32.1. The largest absolute Gasteiger partial charge is 0.151 e. The summed E-state index contributed by atoms with van der Waals surface area (Å²) in [6, 6.07) is 0. The fourth-order valence-electron chi connectivity index (χ4n) is 2.21. The van der Waals surface area contributed by atoms with Gasteiger partial charge >= 0.3 is 0 Å². The van der Waals surface area contributed by atoms with Gasteiger partial charge in [-0.05, 0) is 48.5 Å². The normalized spacial score (nSPS) is 23.1. The summed E-state index contributed by atoms with van der Waals surface area (Å²) in [7, 11) is 0. The smallest absolute Gasteiger partial charge is 0.0202 e. The second-order valence-corrected chi connectivity index (χ2v) is 4.98. The van der Waals surface area contributed by atoms with Gasteiger partial charge in [0.25, 0.3) is 0 Å². The highest BCUT2D eigenvalue weighted by molar-refractivity contribution is 7.83. The average Bonchev–Trinajstić information content (AvgIpc) is 2.26. The van der Waals surface area contributed by atoms with E-state index in [4.69, 9.17) is 0 Å². The van der Waals surface area contributed by atoms with Crippen LogP contribution in [0, 0.1) is 11.8 Å². The van der Waals surface area contributed by atoms with Crippen LogP contribution < -0.4 is 0 Å². The summed E-state index contributed by atoms with van der Waals surface area (Å²) in [5.74, 6) is 1.76. The Morgan fingerprint density at radius 1 is 1.40 bits per heavy atom. The molecule has 0 aromatic rings. The van der Waals surface area contributed by atoms with Crippen LogP contribution in [0.4, 0.5) is 0 Å². The van der Waals surface area contributed by atoms with Crippen molar-refractivity contribution in [3.63, 3.8) is 0 Å². The topological polar surface area (TPSA) is 0 Å². The minimum atomic E-state index is 0.839. The van der Waals surface area contributed by atoms with Gasteiger partial charge in [0.05, 0.1) is 0 Å². The number of hydrogen-bond donors (Lipinski definition) is 1. The average molecular weight is 222 g/mol. The lowest BCUT2D eigenvalue weighted by atomic mass is 9.79. The van der Waals surface area contributed by atoms with Crippen molar-refractivity contribution in [3.05, 3.63) is 35.3 Å². The Kier molecular flexibility index (Phi) is 5.24. The standard InChI is InChI=1S/C14H22S/c1-4-12(10-15)9-13-5-7-14(8-6-13)11(2)3/h4,9-11,14-15H,1,5-8H2,2-3H3/b12-10+,13-9?. The van der Waals surface area contributed by atoms with Crippen LogP contribution in [0.15, 0.2) is 35.3 Å². The van der Waals surface area contributed by atoms with Crippen LogP contribution in [0.2, 0.25) is 0 Å². The lowest BCUT2D eigenvalue weighted by Crippen LogP contribution is -2.13. The highest BCUT2D eigenvalue weighted by Crippen LogP contribution is 2.33. The van der Waals surface area contributed by atoms with Crippen molar-refractivity contribution in [2.24, 2.45) is 11.8 Å². The first kappa shape index (κ1) is 12.6. The Labute approximate surface area is 99.6 Å². The molecule has 0 heterocycles. The zero-order chi connectivity index (χ0) is 11.3. The number of rotatable bonds is 3. The van der Waals surface area contributed by atoms with E-state index in [9.17, 15) is 0 Å². The Hall–Kier alpha value is -0.430. The van der Waals surface area contributed by atoms with Crippen molar-refractivity contribution in [2.75, 3.05) is 0 Å². The molecular weight excluding hydrogens is 200 g/mol. The molecule has 0 saturated heterocycles. The van der Waals surface area contributed by atoms with Gasteiger partial charge in [-0.1, -0.05) is 38.2 Å². The van der Waals surface area contributed by atoms with Gasteiger partial charge in [0.1, 0.15) is 0 Å². The van der Waals surface area contributed by atoms with Gasteiger partial charge in [0.2, 0.25) is 0 Å². The van der Waals surface area contributed by atoms with Gasteiger partial charge in [-0.25, -0.2) is 0 Å². The Balaban J connectivity index is 2.53. The summed E-state index contributed by atoms with van der Waals surface area (Å²) in [5.41, 5.74) is 2.70. The molecule has 1 aliphatic rings. The molecule has 1 saturated carbocycles. The predicted octanol–water partition coefficient (Wildman–Crippen LogP) is 4.76. The number of thiol groups is 1. The maximum Gasteiger partial charge on any atom is -0.0202 e. The van der Waals surface area contributed by atoms with Crippen molar-refractivity contribution >= 4 is 12.6 Å². The van der Waals surface area contributed by atoms with E-state index in [2.05, 4.69) is 39.1 Å². The second kappa shape index (κ2) is 6.22. The molecule has 1 heteroatoms. The van der Waals surface area contributed by atoms with E-state index < -0.39 is 0 Å². The van der Waals surface area contributed by atoms with Crippen LogP contribution in [0.3, 0.4) is 0 Å². The van der Waals surface area contributed by atoms with Crippen LogP contribution in [0.25, 0.3) is 0 Å². The maximum absolute atomic E-state index is 4.17. The first-order valence-corrected chi connectivity index (χ1v) is 6.35. The quantitative estimate of drug-likeness (QED) is 0.516. The van der Waals surface area contributed by atoms with Crippen molar-refractivity contribution < 1.29 is 0 Å². The van der Waals surface area contributed by atoms with Gasteiger partial charge in [0.15, 0.2) is 0 Å². The molecule has 0 aromatic heterocycles. The van der Waals surface area contributed by atoms with E-state index in [1.807, 2.05) is 11.5 Å². The first-order chi connectivity index (χ1) is 7.17. The lowest BCUT2D eigenvalue weighted by Gasteiger charge is -2.27. The van der Waals surface area contributed by atoms with Crippen LogP contribution >= 0.6 is 12.6 Å². The van der Waals surface area contributed by atoms with Crippen LogP contribution in [0.5, 0.6) is 0 Å². The van der Waals surface area contributed by atoms with Gasteiger partial charge in [-0.3, -0.25) is 0 Å². The van der Waals surface area contributed by atoms with Gasteiger partial charge < -0.3 is 0 Å². The molecule has 0 aromatic carbocycles. The van der Waals surface area contributed by atoms with E-state index in [0.717, 1.165) is 17.4 Å². The third kappa shape index (κ3) is 3.90. The van der Waals surface area contributed by atoms with E-state index in [1.165, 1.54) is 25.7 Å². The summed E-state index contributed by atoms with van der Waals surface area (Å²) in [6.45, 7) is 8.45. The third-order valence-corrected chi connectivity index (χ3v) is 3.67. The molecule has 0 amide bonds. The molecule has 0 atom stereocenters. The summed E-state index contributed by atoms with van der Waals surface area (Å²) >= 11 is 4.17. The lowest BCUT2D eigenvalue weighted by molar-refractivity contribution is 0.311. The molecule has 0 spiro atoms. The zero-order valence-electron chi connectivity index (χ0n) is 9.87. The van der Waals surface area contributed by atoms with Crippen molar-refractivity contribution in [1.82, 2.24) is 0 Å².